The summed E-state index contributed by atoms with van der Waals surface area (Å²) in [7, 11) is 0. The zero-order valence-electron chi connectivity index (χ0n) is 13.9. The quantitative estimate of drug-likeness (QED) is 0.814. The lowest BCUT2D eigenvalue weighted by atomic mass is 10.1. The van der Waals surface area contributed by atoms with Crippen LogP contribution in [0.1, 0.15) is 19.4 Å². The van der Waals surface area contributed by atoms with Gasteiger partial charge >= 0.3 is 12.3 Å². The molecule has 0 aliphatic carbocycles. The van der Waals surface area contributed by atoms with Crippen LogP contribution in [-0.4, -0.2) is 33.1 Å². The molecule has 2 rings (SSSR count). The number of ether oxygens (including phenoxy) is 1. The third-order valence-electron chi connectivity index (χ3n) is 3.46. The molecule has 7 nitrogen and oxygen atoms in total. The number of benzene rings is 1. The van der Waals surface area contributed by atoms with Crippen molar-refractivity contribution in [3.05, 3.63) is 42.2 Å². The van der Waals surface area contributed by atoms with Gasteiger partial charge in [0.2, 0.25) is 5.91 Å². The number of hydrogen-bond donors (Lipinski definition) is 2. The number of anilines is 1. The zero-order chi connectivity index (χ0) is 19.5. The molecule has 0 aliphatic rings. The van der Waals surface area contributed by atoms with Gasteiger partial charge < -0.3 is 15.2 Å². The number of carbonyl (C=O) groups excluding carboxylic acids is 1. The Labute approximate surface area is 146 Å². The second-order valence-corrected chi connectivity index (χ2v) is 5.96. The Morgan fingerprint density at radius 2 is 2.00 bits per heavy atom. The van der Waals surface area contributed by atoms with Gasteiger partial charge in [0, 0.05) is 6.20 Å². The Balaban J connectivity index is 2.03. The lowest BCUT2D eigenvalue weighted by Gasteiger charge is -2.19. The highest BCUT2D eigenvalue weighted by Gasteiger charge is 2.31. The highest BCUT2D eigenvalue weighted by Crippen LogP contribution is 2.23. The summed E-state index contributed by atoms with van der Waals surface area (Å²) in [4.78, 5) is 23.2. The molecule has 0 radical (unpaired) electrons. The molecule has 0 unspecified atom stereocenters. The highest BCUT2D eigenvalue weighted by molar-refractivity contribution is 5.92. The summed E-state index contributed by atoms with van der Waals surface area (Å²) in [5, 5.41) is 15.6. The van der Waals surface area contributed by atoms with E-state index in [0.29, 0.717) is 5.56 Å². The normalized spacial score (nSPS) is 11.9. The molecule has 0 atom stereocenters. The Hall–Kier alpha value is -3.04. The summed E-state index contributed by atoms with van der Waals surface area (Å²) >= 11 is 0. The molecule has 0 fully saturated rings. The number of rotatable bonds is 6. The molecule has 0 saturated carbocycles. The van der Waals surface area contributed by atoms with Gasteiger partial charge in [-0.05, 0) is 31.5 Å². The Morgan fingerprint density at radius 1 is 1.31 bits per heavy atom. The minimum absolute atomic E-state index is 0.192. The molecule has 1 amide bonds. The summed E-state index contributed by atoms with van der Waals surface area (Å²) in [6.07, 6.45) is -2.37. The largest absolute Gasteiger partial charge is 0.573 e. The second-order valence-electron chi connectivity index (χ2n) is 5.96. The Bertz CT molecular complexity index is 815. The molecular formula is C16H16F3N3O4. The number of aromatic nitrogens is 2. The molecule has 1 aromatic carbocycles. The van der Waals surface area contributed by atoms with Crippen molar-refractivity contribution in [1.29, 1.82) is 0 Å². The molecule has 1 aromatic heterocycles. The van der Waals surface area contributed by atoms with Crippen molar-refractivity contribution in [3.8, 4) is 5.75 Å². The van der Waals surface area contributed by atoms with E-state index in [2.05, 4.69) is 15.2 Å². The predicted molar refractivity (Wildman–Crippen MR) is 84.6 cm³/mol. The van der Waals surface area contributed by atoms with Gasteiger partial charge in [0.05, 0.1) is 18.3 Å². The van der Waals surface area contributed by atoms with Crippen molar-refractivity contribution in [3.63, 3.8) is 0 Å². The molecule has 2 aromatic rings. The summed E-state index contributed by atoms with van der Waals surface area (Å²) in [6.45, 7) is 2.89. The van der Waals surface area contributed by atoms with Crippen molar-refractivity contribution < 1.29 is 32.6 Å². The average molecular weight is 371 g/mol. The van der Waals surface area contributed by atoms with Crippen molar-refractivity contribution >= 4 is 17.6 Å². The Morgan fingerprint density at radius 3 is 2.62 bits per heavy atom. The van der Waals surface area contributed by atoms with Crippen LogP contribution in [0.25, 0.3) is 0 Å². The standard InChI is InChI=1S/C16H16F3N3O4/c1-15(2,14(24)25)22-9-11(8-20-22)21-13(23)7-10-4-3-5-12(6-10)26-16(17,18)19/h3-6,8-9H,7H2,1-2H3,(H,21,23)(H,24,25). The second kappa shape index (κ2) is 7.06. The molecule has 1 heterocycles. The number of carboxylic acids is 1. The zero-order valence-corrected chi connectivity index (χ0v) is 13.9. The maximum absolute atomic E-state index is 12.2. The first-order chi connectivity index (χ1) is 12.0. The number of amides is 1. The van der Waals surface area contributed by atoms with Crippen LogP contribution >= 0.6 is 0 Å². The molecule has 10 heteroatoms. The van der Waals surface area contributed by atoms with Gasteiger partial charge in [-0.15, -0.1) is 13.2 Å². The number of halogens is 3. The van der Waals surface area contributed by atoms with E-state index in [0.717, 1.165) is 12.1 Å². The lowest BCUT2D eigenvalue weighted by Crippen LogP contribution is -2.35. The fourth-order valence-electron chi connectivity index (χ4n) is 2.03. The monoisotopic (exact) mass is 371 g/mol. The van der Waals surface area contributed by atoms with Gasteiger partial charge in [-0.1, -0.05) is 12.1 Å². The first kappa shape index (κ1) is 19.3. The van der Waals surface area contributed by atoms with Crippen molar-refractivity contribution in [2.24, 2.45) is 0 Å². The van der Waals surface area contributed by atoms with E-state index in [1.54, 1.807) is 0 Å². The average Bonchev–Trinajstić information content (AvgIpc) is 2.94. The highest BCUT2D eigenvalue weighted by atomic mass is 19.4. The van der Waals surface area contributed by atoms with Gasteiger partial charge in [0.1, 0.15) is 5.75 Å². The van der Waals surface area contributed by atoms with Gasteiger partial charge in [-0.2, -0.15) is 5.10 Å². The molecule has 140 valence electrons. The van der Waals surface area contributed by atoms with Crippen LogP contribution in [-0.2, 0) is 21.5 Å². The smallest absolute Gasteiger partial charge is 0.479 e. The maximum Gasteiger partial charge on any atom is 0.573 e. The third-order valence-corrected chi connectivity index (χ3v) is 3.46. The van der Waals surface area contributed by atoms with E-state index >= 15 is 0 Å². The Kier molecular flexibility index (Phi) is 5.24. The number of aliphatic carboxylic acids is 1. The van der Waals surface area contributed by atoms with E-state index in [1.165, 1.54) is 43.1 Å². The molecular weight excluding hydrogens is 355 g/mol. The van der Waals surface area contributed by atoms with Crippen LogP contribution in [0.5, 0.6) is 5.75 Å². The van der Waals surface area contributed by atoms with E-state index in [1.807, 2.05) is 0 Å². The molecule has 0 bridgehead atoms. The molecule has 0 spiro atoms. The van der Waals surface area contributed by atoms with Gasteiger partial charge in [-0.3, -0.25) is 9.48 Å². The summed E-state index contributed by atoms with van der Waals surface area (Å²) in [5.74, 6) is -2.01. The van der Waals surface area contributed by atoms with Crippen LogP contribution in [0.15, 0.2) is 36.7 Å². The first-order valence-electron chi connectivity index (χ1n) is 7.40. The van der Waals surface area contributed by atoms with Gasteiger partial charge in [-0.25, -0.2) is 4.79 Å². The molecule has 26 heavy (non-hydrogen) atoms. The minimum Gasteiger partial charge on any atom is -0.479 e. The predicted octanol–water partition coefficient (Wildman–Crippen LogP) is 2.78. The van der Waals surface area contributed by atoms with Crippen LogP contribution in [0.2, 0.25) is 0 Å². The number of carboxylic acid groups (broad SMARTS) is 1. The van der Waals surface area contributed by atoms with E-state index < -0.39 is 29.5 Å². The van der Waals surface area contributed by atoms with E-state index in [-0.39, 0.29) is 12.1 Å². The fourth-order valence-corrected chi connectivity index (χ4v) is 2.03. The fraction of sp³-hybridized carbons (Fsp3) is 0.312. The van der Waals surface area contributed by atoms with Crippen LogP contribution in [0, 0.1) is 0 Å². The molecule has 0 saturated heterocycles. The number of nitrogens with zero attached hydrogens (tertiary/aromatic N) is 2. The number of nitrogens with one attached hydrogen (secondary N) is 1. The summed E-state index contributed by atoms with van der Waals surface area (Å²) < 4.78 is 41.7. The van der Waals surface area contributed by atoms with Gasteiger partial charge in [0.15, 0.2) is 5.54 Å². The van der Waals surface area contributed by atoms with Gasteiger partial charge in [0.25, 0.3) is 0 Å². The number of carbonyl (C=O) groups is 2. The van der Waals surface area contributed by atoms with Crippen molar-refractivity contribution in [2.45, 2.75) is 32.2 Å². The third kappa shape index (κ3) is 4.98. The minimum atomic E-state index is -4.81. The molecule has 2 N–H and O–H groups in total. The number of hydrogen-bond acceptors (Lipinski definition) is 4. The summed E-state index contributed by atoms with van der Waals surface area (Å²) in [6, 6.07) is 5.08. The topological polar surface area (TPSA) is 93.5 Å². The van der Waals surface area contributed by atoms with E-state index in [9.17, 15) is 22.8 Å². The van der Waals surface area contributed by atoms with Crippen molar-refractivity contribution in [2.75, 3.05) is 5.32 Å². The SMILES string of the molecule is CC(C)(C(=O)O)n1cc(NC(=O)Cc2cccc(OC(F)(F)F)c2)cn1. The van der Waals surface area contributed by atoms with Crippen LogP contribution in [0.3, 0.4) is 0 Å². The first-order valence-corrected chi connectivity index (χ1v) is 7.40. The van der Waals surface area contributed by atoms with Crippen LogP contribution in [0.4, 0.5) is 18.9 Å². The van der Waals surface area contributed by atoms with Crippen LogP contribution < -0.4 is 10.1 Å². The lowest BCUT2D eigenvalue weighted by molar-refractivity contribution is -0.274. The molecule has 0 aliphatic heterocycles. The summed E-state index contributed by atoms with van der Waals surface area (Å²) in [5.41, 5.74) is -0.707. The maximum atomic E-state index is 12.2. The number of alkyl halides is 3. The van der Waals surface area contributed by atoms with E-state index in [4.69, 9.17) is 5.11 Å². The van der Waals surface area contributed by atoms with Crippen molar-refractivity contribution in [1.82, 2.24) is 9.78 Å².